The predicted molar refractivity (Wildman–Crippen MR) is 60.3 cm³/mol. The zero-order valence-electron chi connectivity index (χ0n) is 9.96. The molecular weight excluding hydrogens is 192 g/mol. The van der Waals surface area contributed by atoms with E-state index in [1.54, 1.807) is 6.08 Å². The van der Waals surface area contributed by atoms with E-state index in [2.05, 4.69) is 11.9 Å². The lowest BCUT2D eigenvalue weighted by Crippen LogP contribution is -2.51. The van der Waals surface area contributed by atoms with Gasteiger partial charge in [-0.15, -0.1) is 6.58 Å². The van der Waals surface area contributed by atoms with Crippen LogP contribution in [0, 0.1) is 0 Å². The first-order valence-corrected chi connectivity index (χ1v) is 5.05. The van der Waals surface area contributed by atoms with Crippen LogP contribution in [0.15, 0.2) is 12.7 Å². The van der Waals surface area contributed by atoms with Crippen molar-refractivity contribution in [2.75, 3.05) is 13.1 Å². The van der Waals surface area contributed by atoms with Crippen molar-refractivity contribution in [2.45, 2.75) is 33.2 Å². The second kappa shape index (κ2) is 5.53. The first-order valence-electron chi connectivity index (χ1n) is 5.05. The number of hydrogen-bond acceptors (Lipinski definition) is 2. The molecule has 2 amide bonds. The third-order valence-electron chi connectivity index (χ3n) is 1.97. The second-order valence-corrected chi connectivity index (χ2v) is 4.22. The van der Waals surface area contributed by atoms with E-state index in [0.717, 1.165) is 0 Å². The third-order valence-corrected chi connectivity index (χ3v) is 1.97. The summed E-state index contributed by atoms with van der Waals surface area (Å²) in [5, 5.41) is 2.47. The Bertz CT molecular complexity index is 254. The van der Waals surface area contributed by atoms with Gasteiger partial charge in [-0.05, 0) is 27.7 Å². The highest BCUT2D eigenvalue weighted by Gasteiger charge is 2.28. The SMILES string of the molecule is C=CCNC(=O)C(=O)N(CC)C(C)(C)C. The van der Waals surface area contributed by atoms with Crippen molar-refractivity contribution in [1.29, 1.82) is 0 Å². The fourth-order valence-electron chi connectivity index (χ4n) is 1.29. The summed E-state index contributed by atoms with van der Waals surface area (Å²) in [4.78, 5) is 24.6. The van der Waals surface area contributed by atoms with E-state index in [9.17, 15) is 9.59 Å². The first-order chi connectivity index (χ1) is 6.84. The molecule has 1 N–H and O–H groups in total. The van der Waals surface area contributed by atoms with E-state index < -0.39 is 11.8 Å². The molecule has 0 aromatic carbocycles. The largest absolute Gasteiger partial charge is 0.344 e. The second-order valence-electron chi connectivity index (χ2n) is 4.22. The minimum Gasteiger partial charge on any atom is -0.344 e. The molecule has 4 nitrogen and oxygen atoms in total. The molecule has 0 aromatic rings. The van der Waals surface area contributed by atoms with Crippen LogP contribution in [0.3, 0.4) is 0 Å². The fraction of sp³-hybridized carbons (Fsp3) is 0.636. The molecule has 0 saturated heterocycles. The summed E-state index contributed by atoms with van der Waals surface area (Å²) >= 11 is 0. The van der Waals surface area contributed by atoms with Gasteiger partial charge in [-0.2, -0.15) is 0 Å². The van der Waals surface area contributed by atoms with E-state index in [4.69, 9.17) is 0 Å². The van der Waals surface area contributed by atoms with Crippen molar-refractivity contribution in [3.8, 4) is 0 Å². The molecule has 15 heavy (non-hydrogen) atoms. The minimum absolute atomic E-state index is 0.312. The summed E-state index contributed by atoms with van der Waals surface area (Å²) < 4.78 is 0. The Morgan fingerprint density at radius 1 is 1.40 bits per heavy atom. The van der Waals surface area contributed by atoms with Gasteiger partial charge in [-0.3, -0.25) is 9.59 Å². The molecule has 0 unspecified atom stereocenters. The monoisotopic (exact) mass is 212 g/mol. The number of carbonyl (C=O) groups is 2. The highest BCUT2D eigenvalue weighted by atomic mass is 16.2. The van der Waals surface area contributed by atoms with Crippen molar-refractivity contribution < 1.29 is 9.59 Å². The molecule has 0 atom stereocenters. The Morgan fingerprint density at radius 3 is 2.27 bits per heavy atom. The Balaban J connectivity index is 4.52. The van der Waals surface area contributed by atoms with Gasteiger partial charge in [0.25, 0.3) is 0 Å². The van der Waals surface area contributed by atoms with Crippen molar-refractivity contribution in [1.82, 2.24) is 10.2 Å². The highest BCUT2D eigenvalue weighted by molar-refractivity contribution is 6.35. The molecule has 0 spiro atoms. The summed E-state index contributed by atoms with van der Waals surface area (Å²) in [6.45, 7) is 11.8. The molecule has 0 fully saturated rings. The summed E-state index contributed by atoms with van der Waals surface area (Å²) in [5.74, 6) is -1.07. The van der Waals surface area contributed by atoms with Gasteiger partial charge < -0.3 is 10.2 Å². The van der Waals surface area contributed by atoms with E-state index in [-0.39, 0.29) is 5.54 Å². The fourth-order valence-corrected chi connectivity index (χ4v) is 1.29. The molecule has 4 heteroatoms. The molecule has 0 aliphatic rings. The van der Waals surface area contributed by atoms with Gasteiger partial charge >= 0.3 is 11.8 Å². The van der Waals surface area contributed by atoms with E-state index in [1.165, 1.54) is 4.90 Å². The van der Waals surface area contributed by atoms with Crippen molar-refractivity contribution in [2.24, 2.45) is 0 Å². The van der Waals surface area contributed by atoms with Crippen LogP contribution in [0.5, 0.6) is 0 Å². The van der Waals surface area contributed by atoms with Crippen LogP contribution < -0.4 is 5.32 Å². The maximum absolute atomic E-state index is 11.7. The molecule has 0 bridgehead atoms. The topological polar surface area (TPSA) is 49.4 Å². The lowest BCUT2D eigenvalue weighted by molar-refractivity contribution is -0.148. The summed E-state index contributed by atoms with van der Waals surface area (Å²) in [5.41, 5.74) is -0.336. The zero-order valence-corrected chi connectivity index (χ0v) is 9.96. The molecule has 0 radical (unpaired) electrons. The lowest BCUT2D eigenvalue weighted by Gasteiger charge is -2.34. The zero-order chi connectivity index (χ0) is 12.1. The Labute approximate surface area is 91.3 Å². The molecule has 86 valence electrons. The van der Waals surface area contributed by atoms with Crippen LogP contribution in [-0.2, 0) is 9.59 Å². The summed E-state index contributed by atoms with van der Waals surface area (Å²) in [6.07, 6.45) is 1.54. The number of rotatable bonds is 3. The number of carbonyl (C=O) groups excluding carboxylic acids is 2. The molecule has 0 aliphatic carbocycles. The van der Waals surface area contributed by atoms with E-state index in [1.807, 2.05) is 27.7 Å². The van der Waals surface area contributed by atoms with Gasteiger partial charge in [-0.1, -0.05) is 6.08 Å². The number of likely N-dealkylation sites (N-methyl/N-ethyl adjacent to an activating group) is 1. The maximum Gasteiger partial charge on any atom is 0.312 e. The normalized spacial score (nSPS) is 10.7. The molecule has 0 aromatic heterocycles. The first kappa shape index (κ1) is 13.7. The van der Waals surface area contributed by atoms with Crippen LogP contribution in [0.25, 0.3) is 0 Å². The standard InChI is InChI=1S/C11H20N2O2/c1-6-8-12-9(14)10(15)13(7-2)11(3,4)5/h6H,1,7-8H2,2-5H3,(H,12,14). The van der Waals surface area contributed by atoms with Gasteiger partial charge in [0.1, 0.15) is 0 Å². The number of nitrogens with one attached hydrogen (secondary N) is 1. The summed E-state index contributed by atoms with van der Waals surface area (Å²) in [6, 6.07) is 0. The maximum atomic E-state index is 11.7. The third kappa shape index (κ3) is 4.14. The molecule has 0 rings (SSSR count). The van der Waals surface area contributed by atoms with Crippen molar-refractivity contribution in [3.63, 3.8) is 0 Å². The average Bonchev–Trinajstić information content (AvgIpc) is 2.12. The summed E-state index contributed by atoms with van der Waals surface area (Å²) in [7, 11) is 0. The van der Waals surface area contributed by atoms with Crippen molar-refractivity contribution >= 4 is 11.8 Å². The van der Waals surface area contributed by atoms with Crippen LogP contribution in [0.1, 0.15) is 27.7 Å². The average molecular weight is 212 g/mol. The molecule has 0 aliphatic heterocycles. The number of amides is 2. The van der Waals surface area contributed by atoms with E-state index in [0.29, 0.717) is 13.1 Å². The van der Waals surface area contributed by atoms with Gasteiger partial charge in [0.05, 0.1) is 0 Å². The highest BCUT2D eigenvalue weighted by Crippen LogP contribution is 2.12. The quantitative estimate of drug-likeness (QED) is 0.559. The molecule has 0 heterocycles. The van der Waals surface area contributed by atoms with Gasteiger partial charge in [-0.25, -0.2) is 0 Å². The lowest BCUT2D eigenvalue weighted by atomic mass is 10.1. The number of hydrogen-bond donors (Lipinski definition) is 1. The van der Waals surface area contributed by atoms with Gasteiger partial charge in [0.15, 0.2) is 0 Å². The minimum atomic E-state index is -0.577. The van der Waals surface area contributed by atoms with Crippen LogP contribution in [-0.4, -0.2) is 35.3 Å². The Hall–Kier alpha value is -1.32. The molecule has 0 saturated carbocycles. The smallest absolute Gasteiger partial charge is 0.312 e. The van der Waals surface area contributed by atoms with Crippen molar-refractivity contribution in [3.05, 3.63) is 12.7 Å². The van der Waals surface area contributed by atoms with Crippen LogP contribution in [0.2, 0.25) is 0 Å². The van der Waals surface area contributed by atoms with E-state index >= 15 is 0 Å². The van der Waals surface area contributed by atoms with Crippen LogP contribution in [0.4, 0.5) is 0 Å². The van der Waals surface area contributed by atoms with Gasteiger partial charge in [0.2, 0.25) is 0 Å². The van der Waals surface area contributed by atoms with Gasteiger partial charge in [0, 0.05) is 18.6 Å². The number of nitrogens with zero attached hydrogens (tertiary/aromatic N) is 1. The molecular formula is C11H20N2O2. The van der Waals surface area contributed by atoms with Crippen LogP contribution >= 0.6 is 0 Å². The Morgan fingerprint density at radius 2 is 1.93 bits per heavy atom. The Kier molecular flexibility index (Phi) is 5.05. The predicted octanol–water partition coefficient (Wildman–Crippen LogP) is 0.936.